The van der Waals surface area contributed by atoms with E-state index in [-0.39, 0.29) is 9.79 Å². The summed E-state index contributed by atoms with van der Waals surface area (Å²) < 4.78 is 55.5. The predicted molar refractivity (Wildman–Crippen MR) is 126 cm³/mol. The van der Waals surface area contributed by atoms with E-state index in [0.717, 1.165) is 30.5 Å². The molecular formula is C22H28ClN3O4S2. The molecule has 0 bridgehead atoms. The van der Waals surface area contributed by atoms with Gasteiger partial charge in [0.05, 0.1) is 9.79 Å². The van der Waals surface area contributed by atoms with Crippen molar-refractivity contribution in [2.45, 2.75) is 36.0 Å². The number of halogens is 1. The lowest BCUT2D eigenvalue weighted by Crippen LogP contribution is -2.48. The quantitative estimate of drug-likeness (QED) is 0.633. The second-order valence-corrected chi connectivity index (χ2v) is 12.6. The van der Waals surface area contributed by atoms with E-state index in [9.17, 15) is 16.8 Å². The second kappa shape index (κ2) is 9.30. The van der Waals surface area contributed by atoms with Crippen LogP contribution in [-0.4, -0.2) is 64.7 Å². The number of hydrogen-bond donors (Lipinski definition) is 0. The first-order chi connectivity index (χ1) is 15.2. The number of anilines is 1. The van der Waals surface area contributed by atoms with Gasteiger partial charge in [-0.25, -0.2) is 16.8 Å². The van der Waals surface area contributed by atoms with Crippen LogP contribution in [0, 0.1) is 6.92 Å². The van der Waals surface area contributed by atoms with Gasteiger partial charge in [0.2, 0.25) is 20.0 Å². The molecule has 2 aliphatic heterocycles. The predicted octanol–water partition coefficient (Wildman–Crippen LogP) is 3.33. The van der Waals surface area contributed by atoms with E-state index in [2.05, 4.69) is 4.90 Å². The molecule has 0 atom stereocenters. The van der Waals surface area contributed by atoms with E-state index in [1.807, 2.05) is 25.1 Å². The van der Waals surface area contributed by atoms with E-state index < -0.39 is 20.0 Å². The third kappa shape index (κ3) is 4.68. The third-order valence-corrected chi connectivity index (χ3v) is 10.2. The number of benzene rings is 2. The monoisotopic (exact) mass is 497 g/mol. The molecule has 2 aromatic carbocycles. The first-order valence-electron chi connectivity index (χ1n) is 10.8. The lowest BCUT2D eigenvalue weighted by atomic mass is 10.1. The van der Waals surface area contributed by atoms with Crippen molar-refractivity contribution in [3.05, 3.63) is 53.1 Å². The molecule has 0 amide bonds. The van der Waals surface area contributed by atoms with E-state index in [1.54, 1.807) is 0 Å². The van der Waals surface area contributed by atoms with Gasteiger partial charge in [0.25, 0.3) is 0 Å². The van der Waals surface area contributed by atoms with Crippen LogP contribution in [0.4, 0.5) is 5.69 Å². The van der Waals surface area contributed by atoms with Crippen molar-refractivity contribution in [3.63, 3.8) is 0 Å². The molecule has 0 aromatic heterocycles. The summed E-state index contributed by atoms with van der Waals surface area (Å²) in [5.41, 5.74) is 2.09. The van der Waals surface area contributed by atoms with E-state index in [4.69, 9.17) is 11.6 Å². The van der Waals surface area contributed by atoms with Gasteiger partial charge in [-0.3, -0.25) is 0 Å². The number of rotatable bonds is 5. The maximum Gasteiger partial charge on any atom is 0.243 e. The Hall–Kier alpha value is -1.65. The lowest BCUT2D eigenvalue weighted by Gasteiger charge is -2.36. The highest BCUT2D eigenvalue weighted by molar-refractivity contribution is 7.90. The number of piperidine rings is 1. The van der Waals surface area contributed by atoms with Gasteiger partial charge in [-0.15, -0.1) is 0 Å². The Morgan fingerprint density at radius 2 is 1.28 bits per heavy atom. The molecular weight excluding hydrogens is 470 g/mol. The summed E-state index contributed by atoms with van der Waals surface area (Å²) in [5, 5.41) is 0.646. The Morgan fingerprint density at radius 3 is 1.88 bits per heavy atom. The van der Waals surface area contributed by atoms with Crippen molar-refractivity contribution in [1.29, 1.82) is 0 Å². The smallest absolute Gasteiger partial charge is 0.243 e. The van der Waals surface area contributed by atoms with Gasteiger partial charge in [-0.1, -0.05) is 30.2 Å². The van der Waals surface area contributed by atoms with Crippen LogP contribution in [-0.2, 0) is 20.0 Å². The molecule has 0 unspecified atom stereocenters. The minimum Gasteiger partial charge on any atom is -0.369 e. The van der Waals surface area contributed by atoms with E-state index >= 15 is 0 Å². The molecule has 2 saturated heterocycles. The van der Waals surface area contributed by atoms with Crippen LogP contribution in [0.5, 0.6) is 0 Å². The van der Waals surface area contributed by atoms with Gasteiger partial charge in [0, 0.05) is 50.0 Å². The molecule has 2 aromatic rings. The summed E-state index contributed by atoms with van der Waals surface area (Å²) in [6.07, 6.45) is 2.67. The van der Waals surface area contributed by atoms with Gasteiger partial charge >= 0.3 is 0 Å². The summed E-state index contributed by atoms with van der Waals surface area (Å²) >= 11 is 6.14. The second-order valence-electron chi connectivity index (χ2n) is 8.26. The van der Waals surface area contributed by atoms with Crippen molar-refractivity contribution in [2.75, 3.05) is 44.2 Å². The summed E-state index contributed by atoms with van der Waals surface area (Å²) in [7, 11) is -7.50. The number of aryl methyl sites for hydroxylation is 1. The van der Waals surface area contributed by atoms with Crippen LogP contribution in [0.1, 0.15) is 24.8 Å². The van der Waals surface area contributed by atoms with Crippen molar-refractivity contribution in [2.24, 2.45) is 0 Å². The summed E-state index contributed by atoms with van der Waals surface area (Å²) in [6.45, 7) is 4.66. The molecule has 0 radical (unpaired) electrons. The molecule has 0 saturated carbocycles. The van der Waals surface area contributed by atoms with Crippen LogP contribution < -0.4 is 4.90 Å². The number of piperazine rings is 1. The Bertz CT molecular complexity index is 1190. The normalized spacial score (nSPS) is 19.2. The standard InChI is InChI=1S/C22H28ClN3O4S2/c1-18-8-9-19(23)16-22(18)24-12-14-26(15-13-24)32(29,30)21-7-5-6-20(17-21)31(27,28)25-10-3-2-4-11-25/h5-9,16-17H,2-4,10-15H2,1H3. The van der Waals surface area contributed by atoms with E-state index in [0.29, 0.717) is 44.3 Å². The number of hydrogen-bond acceptors (Lipinski definition) is 5. The van der Waals surface area contributed by atoms with Crippen molar-refractivity contribution in [3.8, 4) is 0 Å². The fraction of sp³-hybridized carbons (Fsp3) is 0.455. The van der Waals surface area contributed by atoms with Crippen molar-refractivity contribution >= 4 is 37.3 Å². The van der Waals surface area contributed by atoms with Crippen LogP contribution in [0.2, 0.25) is 5.02 Å². The van der Waals surface area contributed by atoms with Gasteiger partial charge in [0.15, 0.2) is 0 Å². The maximum absolute atomic E-state index is 13.3. The van der Waals surface area contributed by atoms with Crippen LogP contribution in [0.15, 0.2) is 52.3 Å². The minimum atomic E-state index is -3.80. The molecule has 2 heterocycles. The fourth-order valence-corrected chi connectivity index (χ4v) is 7.56. The first kappa shape index (κ1) is 23.5. The molecule has 2 fully saturated rings. The van der Waals surface area contributed by atoms with Gasteiger partial charge in [-0.2, -0.15) is 8.61 Å². The highest BCUT2D eigenvalue weighted by Gasteiger charge is 2.31. The first-order valence-corrected chi connectivity index (χ1v) is 14.1. The van der Waals surface area contributed by atoms with Crippen LogP contribution in [0.25, 0.3) is 0 Å². The Morgan fingerprint density at radius 1 is 0.719 bits per heavy atom. The minimum absolute atomic E-state index is 0.0166. The Labute approximate surface area is 195 Å². The molecule has 174 valence electrons. The average Bonchev–Trinajstić information content (AvgIpc) is 2.81. The molecule has 32 heavy (non-hydrogen) atoms. The SMILES string of the molecule is Cc1ccc(Cl)cc1N1CCN(S(=O)(=O)c2cccc(S(=O)(=O)N3CCCCC3)c2)CC1. The molecule has 4 rings (SSSR count). The van der Waals surface area contributed by atoms with Crippen LogP contribution >= 0.6 is 11.6 Å². The zero-order valence-electron chi connectivity index (χ0n) is 18.1. The Balaban J connectivity index is 1.52. The molecule has 2 aliphatic rings. The van der Waals surface area contributed by atoms with Crippen molar-refractivity contribution in [1.82, 2.24) is 8.61 Å². The lowest BCUT2D eigenvalue weighted by molar-refractivity contribution is 0.346. The van der Waals surface area contributed by atoms with Crippen LogP contribution in [0.3, 0.4) is 0 Å². The zero-order chi connectivity index (χ0) is 22.9. The average molecular weight is 498 g/mol. The number of nitrogens with zero attached hydrogens (tertiary/aromatic N) is 3. The van der Waals surface area contributed by atoms with Gasteiger partial charge in [0.1, 0.15) is 0 Å². The van der Waals surface area contributed by atoms with Gasteiger partial charge < -0.3 is 4.90 Å². The number of sulfonamides is 2. The maximum atomic E-state index is 13.3. The highest BCUT2D eigenvalue weighted by Crippen LogP contribution is 2.28. The van der Waals surface area contributed by atoms with Gasteiger partial charge in [-0.05, 0) is 55.7 Å². The summed E-state index contributed by atoms with van der Waals surface area (Å²) in [5.74, 6) is 0. The topological polar surface area (TPSA) is 78.0 Å². The molecule has 0 N–H and O–H groups in total. The fourth-order valence-electron chi connectivity index (χ4n) is 4.29. The highest BCUT2D eigenvalue weighted by atomic mass is 35.5. The van der Waals surface area contributed by atoms with E-state index in [1.165, 1.54) is 32.9 Å². The summed E-state index contributed by atoms with van der Waals surface area (Å²) in [4.78, 5) is 2.18. The van der Waals surface area contributed by atoms with Crippen molar-refractivity contribution < 1.29 is 16.8 Å². The molecule has 0 aliphatic carbocycles. The largest absolute Gasteiger partial charge is 0.369 e. The molecule has 7 nitrogen and oxygen atoms in total. The summed E-state index contributed by atoms with van der Waals surface area (Å²) in [6, 6.07) is 11.4. The zero-order valence-corrected chi connectivity index (χ0v) is 20.5. The molecule has 0 spiro atoms. The Kier molecular flexibility index (Phi) is 6.84. The molecule has 10 heteroatoms. The third-order valence-electron chi connectivity index (χ3n) is 6.15.